The SMILES string of the molecule is CCOC(=O)CNC(=O)NC(C(=O)Nc1nnc(-c2ccc(Br)cc2)s1)C(C)CC. The highest BCUT2D eigenvalue weighted by atomic mass is 79.9. The molecule has 3 amide bonds. The third-order valence-electron chi connectivity index (χ3n) is 4.23. The summed E-state index contributed by atoms with van der Waals surface area (Å²) < 4.78 is 5.71. The fourth-order valence-electron chi connectivity index (χ4n) is 2.42. The highest BCUT2D eigenvalue weighted by Gasteiger charge is 2.27. The Labute approximate surface area is 187 Å². The number of aromatic nitrogens is 2. The Balaban J connectivity index is 2.00. The van der Waals surface area contributed by atoms with E-state index in [0.717, 1.165) is 10.0 Å². The van der Waals surface area contributed by atoms with Gasteiger partial charge in [0.15, 0.2) is 0 Å². The summed E-state index contributed by atoms with van der Waals surface area (Å²) in [6.07, 6.45) is 0.663. The maximum atomic E-state index is 12.8. The van der Waals surface area contributed by atoms with Crippen molar-refractivity contribution in [1.29, 1.82) is 0 Å². The number of rotatable bonds is 9. The first-order valence-corrected chi connectivity index (χ1v) is 11.0. The Hall–Kier alpha value is -2.53. The van der Waals surface area contributed by atoms with E-state index in [1.165, 1.54) is 11.3 Å². The van der Waals surface area contributed by atoms with Gasteiger partial charge in [0.1, 0.15) is 17.6 Å². The van der Waals surface area contributed by atoms with Crippen molar-refractivity contribution in [3.63, 3.8) is 0 Å². The van der Waals surface area contributed by atoms with Gasteiger partial charge < -0.3 is 15.4 Å². The number of hydrogen-bond acceptors (Lipinski definition) is 7. The van der Waals surface area contributed by atoms with Gasteiger partial charge in [-0.3, -0.25) is 14.9 Å². The number of carbonyl (C=O) groups is 3. The highest BCUT2D eigenvalue weighted by molar-refractivity contribution is 9.10. The van der Waals surface area contributed by atoms with Gasteiger partial charge in [0.2, 0.25) is 11.0 Å². The zero-order chi connectivity index (χ0) is 22.1. The first kappa shape index (κ1) is 23.7. The first-order chi connectivity index (χ1) is 14.3. The van der Waals surface area contributed by atoms with Crippen LogP contribution in [0.25, 0.3) is 10.6 Å². The Bertz CT molecular complexity index is 874. The van der Waals surface area contributed by atoms with Crippen LogP contribution in [-0.2, 0) is 14.3 Å². The molecule has 1 aromatic carbocycles. The zero-order valence-electron chi connectivity index (χ0n) is 16.9. The fraction of sp³-hybridized carbons (Fsp3) is 0.421. The Morgan fingerprint density at radius 3 is 2.50 bits per heavy atom. The molecule has 162 valence electrons. The van der Waals surface area contributed by atoms with Gasteiger partial charge in [-0.05, 0) is 25.0 Å². The minimum absolute atomic E-state index is 0.141. The fourth-order valence-corrected chi connectivity index (χ4v) is 3.44. The minimum atomic E-state index is -0.808. The average Bonchev–Trinajstić information content (AvgIpc) is 3.19. The van der Waals surface area contributed by atoms with Crippen LogP contribution >= 0.6 is 27.3 Å². The summed E-state index contributed by atoms with van der Waals surface area (Å²) in [5, 5.41) is 16.8. The van der Waals surface area contributed by atoms with E-state index in [9.17, 15) is 14.4 Å². The van der Waals surface area contributed by atoms with Gasteiger partial charge >= 0.3 is 12.0 Å². The molecule has 0 saturated carbocycles. The molecule has 1 aromatic heterocycles. The summed E-state index contributed by atoms with van der Waals surface area (Å²) >= 11 is 4.62. The smallest absolute Gasteiger partial charge is 0.325 e. The second-order valence-corrected chi connectivity index (χ2v) is 8.30. The second kappa shape index (κ2) is 11.6. The van der Waals surface area contributed by atoms with Crippen LogP contribution in [0.4, 0.5) is 9.93 Å². The highest BCUT2D eigenvalue weighted by Crippen LogP contribution is 2.27. The molecule has 1 heterocycles. The van der Waals surface area contributed by atoms with Crippen LogP contribution in [0.5, 0.6) is 0 Å². The minimum Gasteiger partial charge on any atom is -0.465 e. The van der Waals surface area contributed by atoms with Gasteiger partial charge in [-0.15, -0.1) is 10.2 Å². The predicted octanol–water partition coefficient (Wildman–Crippen LogP) is 3.18. The standard InChI is InChI=1S/C19H24BrN5O4S/c1-4-11(3)15(22-18(28)21-10-14(26)29-5-2)16(27)23-19-25-24-17(30-19)12-6-8-13(20)9-7-12/h6-9,11,15H,4-5,10H2,1-3H3,(H2,21,22,28)(H,23,25,27). The molecule has 2 aromatic rings. The number of carbonyl (C=O) groups excluding carboxylic acids is 3. The van der Waals surface area contributed by atoms with E-state index >= 15 is 0 Å². The van der Waals surface area contributed by atoms with Crippen LogP contribution in [0, 0.1) is 5.92 Å². The number of urea groups is 1. The number of esters is 1. The van der Waals surface area contributed by atoms with E-state index in [1.54, 1.807) is 6.92 Å². The third-order valence-corrected chi connectivity index (χ3v) is 5.64. The summed E-state index contributed by atoms with van der Waals surface area (Å²) in [6, 6.07) is 6.15. The lowest BCUT2D eigenvalue weighted by atomic mass is 9.98. The van der Waals surface area contributed by atoms with Gasteiger partial charge in [-0.2, -0.15) is 0 Å². The number of amides is 3. The predicted molar refractivity (Wildman–Crippen MR) is 118 cm³/mol. The van der Waals surface area contributed by atoms with Crippen molar-refractivity contribution in [2.75, 3.05) is 18.5 Å². The molecule has 2 rings (SSSR count). The normalized spacial score (nSPS) is 12.5. The van der Waals surface area contributed by atoms with E-state index in [-0.39, 0.29) is 19.1 Å². The molecule has 0 aliphatic carbocycles. The van der Waals surface area contributed by atoms with E-state index in [4.69, 9.17) is 4.74 Å². The van der Waals surface area contributed by atoms with Crippen LogP contribution in [0.1, 0.15) is 27.2 Å². The summed E-state index contributed by atoms with van der Waals surface area (Å²) in [6.45, 7) is 5.39. The summed E-state index contributed by atoms with van der Waals surface area (Å²) in [5.41, 5.74) is 0.881. The van der Waals surface area contributed by atoms with Crippen molar-refractivity contribution in [3.8, 4) is 10.6 Å². The van der Waals surface area contributed by atoms with Gasteiger partial charge in [0.25, 0.3) is 0 Å². The molecule has 0 saturated heterocycles. The van der Waals surface area contributed by atoms with Crippen LogP contribution in [0.15, 0.2) is 28.7 Å². The molecule has 9 nitrogen and oxygen atoms in total. The molecular formula is C19H24BrN5O4S. The average molecular weight is 498 g/mol. The summed E-state index contributed by atoms with van der Waals surface area (Å²) in [4.78, 5) is 36.3. The number of nitrogens with one attached hydrogen (secondary N) is 3. The lowest BCUT2D eigenvalue weighted by molar-refractivity contribution is -0.141. The van der Waals surface area contributed by atoms with Gasteiger partial charge in [-0.25, -0.2) is 4.79 Å². The van der Waals surface area contributed by atoms with E-state index in [2.05, 4.69) is 42.1 Å². The van der Waals surface area contributed by atoms with E-state index in [1.807, 2.05) is 38.1 Å². The number of benzene rings is 1. The Kier molecular flexibility index (Phi) is 9.18. The maximum Gasteiger partial charge on any atom is 0.325 e. The first-order valence-electron chi connectivity index (χ1n) is 9.44. The molecule has 2 unspecified atom stereocenters. The monoisotopic (exact) mass is 497 g/mol. The van der Waals surface area contributed by atoms with Crippen LogP contribution in [-0.4, -0.2) is 47.3 Å². The van der Waals surface area contributed by atoms with Crippen LogP contribution in [0.3, 0.4) is 0 Å². The maximum absolute atomic E-state index is 12.8. The third kappa shape index (κ3) is 7.06. The molecular weight excluding hydrogens is 474 g/mol. The Morgan fingerprint density at radius 2 is 1.87 bits per heavy atom. The van der Waals surface area contributed by atoms with Crippen molar-refractivity contribution in [1.82, 2.24) is 20.8 Å². The molecule has 0 spiro atoms. The van der Waals surface area contributed by atoms with Gasteiger partial charge in [-0.1, -0.05) is 59.7 Å². The molecule has 0 bridgehead atoms. The quantitative estimate of drug-likeness (QED) is 0.457. The van der Waals surface area contributed by atoms with Crippen molar-refractivity contribution >= 4 is 50.3 Å². The molecule has 0 aliphatic heterocycles. The summed E-state index contributed by atoms with van der Waals surface area (Å²) in [5.74, 6) is -1.10. The Morgan fingerprint density at radius 1 is 1.17 bits per heavy atom. The van der Waals surface area contributed by atoms with Crippen molar-refractivity contribution < 1.29 is 19.1 Å². The summed E-state index contributed by atoms with van der Waals surface area (Å²) in [7, 11) is 0. The van der Waals surface area contributed by atoms with Gasteiger partial charge in [0, 0.05) is 10.0 Å². The molecule has 0 radical (unpaired) electrons. The lowest BCUT2D eigenvalue weighted by Crippen LogP contribution is -2.51. The number of halogens is 1. The zero-order valence-corrected chi connectivity index (χ0v) is 19.3. The molecule has 0 fully saturated rings. The second-order valence-electron chi connectivity index (χ2n) is 6.40. The number of ether oxygens (including phenoxy) is 1. The topological polar surface area (TPSA) is 122 Å². The van der Waals surface area contributed by atoms with Crippen LogP contribution in [0.2, 0.25) is 0 Å². The van der Waals surface area contributed by atoms with Crippen molar-refractivity contribution in [2.45, 2.75) is 33.2 Å². The molecule has 30 heavy (non-hydrogen) atoms. The van der Waals surface area contributed by atoms with Crippen LogP contribution < -0.4 is 16.0 Å². The number of nitrogens with zero attached hydrogens (tertiary/aromatic N) is 2. The largest absolute Gasteiger partial charge is 0.465 e. The molecule has 0 aliphatic rings. The lowest BCUT2D eigenvalue weighted by Gasteiger charge is -2.23. The van der Waals surface area contributed by atoms with Crippen molar-refractivity contribution in [3.05, 3.63) is 28.7 Å². The van der Waals surface area contributed by atoms with Gasteiger partial charge in [0.05, 0.1) is 6.61 Å². The van der Waals surface area contributed by atoms with Crippen molar-refractivity contribution in [2.24, 2.45) is 5.92 Å². The molecule has 11 heteroatoms. The van der Waals surface area contributed by atoms with E-state index in [0.29, 0.717) is 16.6 Å². The number of hydrogen-bond donors (Lipinski definition) is 3. The number of anilines is 1. The molecule has 2 atom stereocenters. The molecule has 3 N–H and O–H groups in total. The van der Waals surface area contributed by atoms with E-state index < -0.39 is 23.9 Å².